The monoisotopic (exact) mass is 342 g/mol. The van der Waals surface area contributed by atoms with Crippen molar-refractivity contribution in [2.45, 2.75) is 17.9 Å². The predicted molar refractivity (Wildman–Crippen MR) is 94.3 cm³/mol. The number of ether oxygens (including phenoxy) is 1. The van der Waals surface area contributed by atoms with Crippen LogP contribution in [0.4, 0.5) is 5.69 Å². The average Bonchev–Trinajstić information content (AvgIpc) is 2.60. The summed E-state index contributed by atoms with van der Waals surface area (Å²) in [5.41, 5.74) is 2.62. The van der Waals surface area contributed by atoms with E-state index in [1.807, 2.05) is 42.5 Å². The fourth-order valence-corrected chi connectivity index (χ4v) is 3.31. The van der Waals surface area contributed by atoms with Gasteiger partial charge in [-0.3, -0.25) is 9.59 Å². The Labute approximate surface area is 144 Å². The molecule has 0 saturated carbocycles. The Morgan fingerprint density at radius 2 is 2.12 bits per heavy atom. The summed E-state index contributed by atoms with van der Waals surface area (Å²) < 4.78 is 5.26. The minimum atomic E-state index is -0.0735. The number of thioether (sulfide) groups is 1. The first-order valence-electron chi connectivity index (χ1n) is 7.60. The minimum Gasteiger partial charge on any atom is -0.496 e. The van der Waals surface area contributed by atoms with E-state index < -0.39 is 0 Å². The lowest BCUT2D eigenvalue weighted by molar-refractivity contribution is -0.120. The molecule has 2 aromatic carbocycles. The van der Waals surface area contributed by atoms with Gasteiger partial charge in [0.2, 0.25) is 11.8 Å². The van der Waals surface area contributed by atoms with Gasteiger partial charge in [-0.1, -0.05) is 24.3 Å². The summed E-state index contributed by atoms with van der Waals surface area (Å²) in [6.45, 7) is 0.418. The number of benzene rings is 2. The molecule has 0 atom stereocenters. The quantitative estimate of drug-likeness (QED) is 0.876. The minimum absolute atomic E-state index is 0.00450. The maximum absolute atomic E-state index is 12.2. The molecule has 2 amide bonds. The Bertz CT molecular complexity index is 777. The highest BCUT2D eigenvalue weighted by Crippen LogP contribution is 2.31. The van der Waals surface area contributed by atoms with Crippen LogP contribution < -0.4 is 15.4 Å². The number of hydrogen-bond donors (Lipinski definition) is 2. The molecule has 6 heteroatoms. The lowest BCUT2D eigenvalue weighted by Crippen LogP contribution is -2.25. The number of nitrogens with one attached hydrogen (secondary N) is 2. The van der Waals surface area contributed by atoms with Gasteiger partial charge in [0.15, 0.2) is 0 Å². The molecule has 0 aromatic heterocycles. The van der Waals surface area contributed by atoms with Gasteiger partial charge in [-0.25, -0.2) is 0 Å². The summed E-state index contributed by atoms with van der Waals surface area (Å²) >= 11 is 1.52. The molecule has 3 rings (SSSR count). The second-order valence-electron chi connectivity index (χ2n) is 5.43. The van der Waals surface area contributed by atoms with Gasteiger partial charge in [0.25, 0.3) is 0 Å². The summed E-state index contributed by atoms with van der Waals surface area (Å²) in [4.78, 5) is 24.7. The number of anilines is 1. The van der Waals surface area contributed by atoms with E-state index in [9.17, 15) is 9.59 Å². The lowest BCUT2D eigenvalue weighted by Gasteiger charge is -2.17. The molecule has 1 heterocycles. The van der Waals surface area contributed by atoms with Crippen molar-refractivity contribution in [1.82, 2.24) is 5.32 Å². The molecule has 1 aliphatic heterocycles. The van der Waals surface area contributed by atoms with E-state index >= 15 is 0 Å². The molecule has 5 nitrogen and oxygen atoms in total. The fourth-order valence-electron chi connectivity index (χ4n) is 2.53. The lowest BCUT2D eigenvalue weighted by atomic mass is 10.1. The van der Waals surface area contributed by atoms with Crippen LogP contribution in [0.2, 0.25) is 0 Å². The second kappa shape index (κ2) is 7.40. The molecular weight excluding hydrogens is 324 g/mol. The first-order valence-corrected chi connectivity index (χ1v) is 8.58. The number of methoxy groups -OCH3 is 1. The maximum atomic E-state index is 12.2. The number of rotatable bonds is 5. The second-order valence-corrected chi connectivity index (χ2v) is 6.45. The molecule has 124 valence electrons. The van der Waals surface area contributed by atoms with Crippen LogP contribution in [0.3, 0.4) is 0 Å². The molecule has 0 unspecified atom stereocenters. The van der Waals surface area contributed by atoms with Gasteiger partial charge in [-0.05, 0) is 23.8 Å². The molecule has 0 bridgehead atoms. The molecule has 0 spiro atoms. The van der Waals surface area contributed by atoms with Gasteiger partial charge >= 0.3 is 0 Å². The SMILES string of the molecule is COc1ccccc1CC(=O)NCc1ccc2c(c1)NC(=O)CS2. The molecular formula is C18H18N2O3S. The zero-order chi connectivity index (χ0) is 16.9. The van der Waals surface area contributed by atoms with Crippen LogP contribution in [0.15, 0.2) is 47.4 Å². The van der Waals surface area contributed by atoms with Gasteiger partial charge in [0.1, 0.15) is 5.75 Å². The smallest absolute Gasteiger partial charge is 0.234 e. The van der Waals surface area contributed by atoms with E-state index in [4.69, 9.17) is 4.74 Å². The summed E-state index contributed by atoms with van der Waals surface area (Å²) in [7, 11) is 1.59. The van der Waals surface area contributed by atoms with Gasteiger partial charge in [-0.15, -0.1) is 11.8 Å². The van der Waals surface area contributed by atoms with Crippen molar-refractivity contribution in [3.8, 4) is 5.75 Å². The Morgan fingerprint density at radius 1 is 1.29 bits per heavy atom. The molecule has 2 N–H and O–H groups in total. The molecule has 0 fully saturated rings. The molecule has 1 aliphatic rings. The third kappa shape index (κ3) is 3.89. The highest BCUT2D eigenvalue weighted by atomic mass is 32.2. The average molecular weight is 342 g/mol. The summed E-state index contributed by atoms with van der Waals surface area (Å²) in [5, 5.41) is 5.76. The molecule has 0 radical (unpaired) electrons. The van der Waals surface area contributed by atoms with E-state index in [-0.39, 0.29) is 18.2 Å². The molecule has 24 heavy (non-hydrogen) atoms. The van der Waals surface area contributed by atoms with Crippen LogP contribution in [-0.4, -0.2) is 24.7 Å². The van der Waals surface area contributed by atoms with E-state index in [0.717, 1.165) is 21.7 Å². The highest BCUT2D eigenvalue weighted by molar-refractivity contribution is 8.00. The Morgan fingerprint density at radius 3 is 2.96 bits per heavy atom. The zero-order valence-corrected chi connectivity index (χ0v) is 14.1. The van der Waals surface area contributed by atoms with Crippen molar-refractivity contribution in [1.29, 1.82) is 0 Å². The number of carbonyl (C=O) groups is 2. The van der Waals surface area contributed by atoms with Gasteiger partial charge in [0, 0.05) is 17.0 Å². The Kier molecular flexibility index (Phi) is 5.05. The normalized spacial score (nSPS) is 13.0. The van der Waals surface area contributed by atoms with Crippen molar-refractivity contribution in [3.63, 3.8) is 0 Å². The third-order valence-corrected chi connectivity index (χ3v) is 4.78. The van der Waals surface area contributed by atoms with Gasteiger partial charge < -0.3 is 15.4 Å². The first kappa shape index (κ1) is 16.4. The standard InChI is InChI=1S/C18H18N2O3S/c1-23-15-5-3-2-4-13(15)9-17(21)19-10-12-6-7-16-14(8-12)20-18(22)11-24-16/h2-8H,9-11H2,1H3,(H,19,21)(H,20,22). The number of fused-ring (bicyclic) bond motifs is 1. The van der Waals surface area contributed by atoms with E-state index in [1.54, 1.807) is 7.11 Å². The Hall–Kier alpha value is -2.47. The largest absolute Gasteiger partial charge is 0.496 e. The van der Waals surface area contributed by atoms with E-state index in [1.165, 1.54) is 11.8 Å². The van der Waals surface area contributed by atoms with Crippen molar-refractivity contribution in [3.05, 3.63) is 53.6 Å². The summed E-state index contributed by atoms with van der Waals surface area (Å²) in [6.07, 6.45) is 0.265. The van der Waals surface area contributed by atoms with Crippen molar-refractivity contribution < 1.29 is 14.3 Å². The molecule has 0 aliphatic carbocycles. The van der Waals surface area contributed by atoms with Gasteiger partial charge in [0.05, 0.1) is 25.0 Å². The Balaban J connectivity index is 1.60. The number of para-hydroxylation sites is 1. The first-order chi connectivity index (χ1) is 11.7. The summed E-state index contributed by atoms with van der Waals surface area (Å²) in [5.74, 6) is 1.09. The number of carbonyl (C=O) groups excluding carboxylic acids is 2. The van der Waals surface area contributed by atoms with Crippen molar-refractivity contribution in [2.75, 3.05) is 18.2 Å². The fraction of sp³-hybridized carbons (Fsp3) is 0.222. The van der Waals surface area contributed by atoms with Crippen LogP contribution in [0.25, 0.3) is 0 Å². The van der Waals surface area contributed by atoms with Crippen LogP contribution >= 0.6 is 11.8 Å². The van der Waals surface area contributed by atoms with Gasteiger partial charge in [-0.2, -0.15) is 0 Å². The van der Waals surface area contributed by atoms with Crippen LogP contribution in [0.5, 0.6) is 5.75 Å². The topological polar surface area (TPSA) is 67.4 Å². The molecule has 2 aromatic rings. The van der Waals surface area contributed by atoms with Crippen molar-refractivity contribution in [2.24, 2.45) is 0 Å². The van der Waals surface area contributed by atoms with E-state index in [0.29, 0.717) is 18.0 Å². The molecule has 0 saturated heterocycles. The number of amides is 2. The maximum Gasteiger partial charge on any atom is 0.234 e. The third-order valence-electron chi connectivity index (χ3n) is 3.71. The highest BCUT2D eigenvalue weighted by Gasteiger charge is 2.15. The van der Waals surface area contributed by atoms with E-state index in [2.05, 4.69) is 10.6 Å². The number of hydrogen-bond acceptors (Lipinski definition) is 4. The van der Waals surface area contributed by atoms with Crippen LogP contribution in [0.1, 0.15) is 11.1 Å². The van der Waals surface area contributed by atoms with Crippen LogP contribution in [0, 0.1) is 0 Å². The zero-order valence-electron chi connectivity index (χ0n) is 13.3. The van der Waals surface area contributed by atoms with Crippen LogP contribution in [-0.2, 0) is 22.6 Å². The predicted octanol–water partition coefficient (Wildman–Crippen LogP) is 2.60. The van der Waals surface area contributed by atoms with Crippen molar-refractivity contribution >= 4 is 29.3 Å². The summed E-state index contributed by atoms with van der Waals surface area (Å²) in [6, 6.07) is 13.3.